The quantitative estimate of drug-likeness (QED) is 0.470. The highest BCUT2D eigenvalue weighted by molar-refractivity contribution is 7.22. The summed E-state index contributed by atoms with van der Waals surface area (Å²) in [7, 11) is 0. The number of carbonyl (C=O) groups is 1. The zero-order chi connectivity index (χ0) is 21.8. The van der Waals surface area contributed by atoms with E-state index >= 15 is 0 Å². The predicted molar refractivity (Wildman–Crippen MR) is 123 cm³/mol. The van der Waals surface area contributed by atoms with E-state index in [1.54, 1.807) is 16.9 Å². The highest BCUT2D eigenvalue weighted by Gasteiger charge is 2.46. The summed E-state index contributed by atoms with van der Waals surface area (Å²) in [5.41, 5.74) is 3.35. The molecule has 6 nitrogen and oxygen atoms in total. The summed E-state index contributed by atoms with van der Waals surface area (Å²) in [5, 5.41) is 5.23. The minimum atomic E-state index is -0.242. The third-order valence-corrected chi connectivity index (χ3v) is 7.64. The van der Waals surface area contributed by atoms with E-state index in [1.165, 1.54) is 23.5 Å². The van der Waals surface area contributed by atoms with Gasteiger partial charge in [-0.1, -0.05) is 23.0 Å². The van der Waals surface area contributed by atoms with Crippen LogP contribution in [0.4, 0.5) is 9.52 Å². The fourth-order valence-electron chi connectivity index (χ4n) is 4.81. The van der Waals surface area contributed by atoms with Crippen molar-refractivity contribution >= 4 is 32.6 Å². The molecule has 0 aliphatic carbocycles. The number of hydrogen-bond acceptors (Lipinski definition) is 5. The number of carbonyl (C=O) groups excluding carboxylic acids is 1. The molecule has 8 heteroatoms. The van der Waals surface area contributed by atoms with Gasteiger partial charge in [0.2, 0.25) is 0 Å². The Morgan fingerprint density at radius 3 is 2.94 bits per heavy atom. The van der Waals surface area contributed by atoms with Crippen molar-refractivity contribution in [3.05, 3.63) is 71.8 Å². The molecule has 2 aromatic carbocycles. The summed E-state index contributed by atoms with van der Waals surface area (Å²) >= 11 is 1.51. The monoisotopic (exact) mass is 447 g/mol. The van der Waals surface area contributed by atoms with Crippen molar-refractivity contribution in [1.82, 2.24) is 19.7 Å². The molecule has 0 spiro atoms. The second-order valence-corrected chi connectivity index (χ2v) is 9.61. The number of piperidine rings is 1. The summed E-state index contributed by atoms with van der Waals surface area (Å²) < 4.78 is 16.2. The molecule has 2 aliphatic heterocycles. The number of halogens is 1. The summed E-state index contributed by atoms with van der Waals surface area (Å²) in [6.07, 6.45) is 4.61. The maximum Gasteiger partial charge on any atom is 0.256 e. The van der Waals surface area contributed by atoms with Crippen molar-refractivity contribution in [2.45, 2.75) is 19.4 Å². The van der Waals surface area contributed by atoms with Crippen molar-refractivity contribution in [1.29, 1.82) is 0 Å². The van der Waals surface area contributed by atoms with Crippen molar-refractivity contribution < 1.29 is 9.18 Å². The van der Waals surface area contributed by atoms with E-state index in [2.05, 4.69) is 10.00 Å². The van der Waals surface area contributed by atoms with Crippen LogP contribution in [0.1, 0.15) is 22.3 Å². The lowest BCUT2D eigenvalue weighted by Crippen LogP contribution is -2.65. The molecule has 162 valence electrons. The second-order valence-electron chi connectivity index (χ2n) is 8.60. The van der Waals surface area contributed by atoms with Gasteiger partial charge in [0.05, 0.1) is 27.5 Å². The normalized spacial score (nSPS) is 20.3. The number of anilines is 1. The Hall–Kier alpha value is -3.26. The van der Waals surface area contributed by atoms with Gasteiger partial charge < -0.3 is 9.80 Å². The number of aromatic nitrogens is 3. The van der Waals surface area contributed by atoms with Crippen LogP contribution in [0.5, 0.6) is 0 Å². The number of nitrogens with zero attached hydrogens (tertiary/aromatic N) is 5. The van der Waals surface area contributed by atoms with Gasteiger partial charge in [-0.3, -0.25) is 4.79 Å². The van der Waals surface area contributed by atoms with Crippen LogP contribution < -0.4 is 4.90 Å². The maximum atomic E-state index is 13.6. The third-order valence-electron chi connectivity index (χ3n) is 6.56. The smallest absolute Gasteiger partial charge is 0.256 e. The summed E-state index contributed by atoms with van der Waals surface area (Å²) in [4.78, 5) is 22.5. The molecular weight excluding hydrogens is 425 g/mol. The first-order valence-corrected chi connectivity index (χ1v) is 11.6. The molecule has 2 atom stereocenters. The molecule has 0 radical (unpaired) electrons. The minimum absolute atomic E-state index is 0.0497. The molecule has 2 aliphatic rings. The molecule has 4 heterocycles. The van der Waals surface area contributed by atoms with Crippen molar-refractivity contribution in [2.75, 3.05) is 24.5 Å². The van der Waals surface area contributed by atoms with E-state index in [4.69, 9.17) is 4.98 Å². The highest BCUT2D eigenvalue weighted by Crippen LogP contribution is 2.38. The Labute approximate surface area is 188 Å². The summed E-state index contributed by atoms with van der Waals surface area (Å²) in [6, 6.07) is 12.6. The average Bonchev–Trinajstić information content (AvgIpc) is 3.44. The van der Waals surface area contributed by atoms with E-state index in [1.807, 2.05) is 42.3 Å². The fourth-order valence-corrected chi connectivity index (χ4v) is 5.84. The number of amides is 1. The van der Waals surface area contributed by atoms with Crippen LogP contribution in [0.15, 0.2) is 54.9 Å². The minimum Gasteiger partial charge on any atom is -0.346 e. The molecule has 0 unspecified atom stereocenters. The molecular formula is C24H22FN5OS. The molecule has 6 rings (SSSR count). The van der Waals surface area contributed by atoms with Gasteiger partial charge in [0.25, 0.3) is 5.91 Å². The van der Waals surface area contributed by atoms with E-state index in [0.29, 0.717) is 11.5 Å². The number of hydrogen-bond donors (Lipinski definition) is 0. The van der Waals surface area contributed by atoms with Crippen LogP contribution >= 0.6 is 11.3 Å². The Kier molecular flexibility index (Phi) is 4.50. The predicted octanol–water partition coefficient (Wildman–Crippen LogP) is 4.28. The SMILES string of the molecule is Cc1ccc(-n2cccn2)c(C(=O)N2C[C@@H]3CCN(c4nc5ccc(F)cc5s4)C[C@@H]32)c1. The number of aryl methyl sites for hydroxylation is 1. The van der Waals surface area contributed by atoms with Crippen LogP contribution in [0.2, 0.25) is 0 Å². The van der Waals surface area contributed by atoms with Gasteiger partial charge in [-0.2, -0.15) is 5.10 Å². The van der Waals surface area contributed by atoms with E-state index in [9.17, 15) is 9.18 Å². The Morgan fingerprint density at radius 1 is 1.19 bits per heavy atom. The molecule has 0 N–H and O–H groups in total. The van der Waals surface area contributed by atoms with Crippen molar-refractivity contribution in [3.63, 3.8) is 0 Å². The molecule has 32 heavy (non-hydrogen) atoms. The number of thiazole rings is 1. The van der Waals surface area contributed by atoms with Gasteiger partial charge >= 0.3 is 0 Å². The topological polar surface area (TPSA) is 54.3 Å². The van der Waals surface area contributed by atoms with E-state index in [0.717, 1.165) is 52.7 Å². The third kappa shape index (κ3) is 3.17. The molecule has 2 aromatic heterocycles. The number of likely N-dealkylation sites (tertiary alicyclic amines) is 1. The van der Waals surface area contributed by atoms with Gasteiger partial charge in [-0.25, -0.2) is 14.1 Å². The lowest BCUT2D eigenvalue weighted by molar-refractivity contribution is 0.00789. The standard InChI is InChI=1S/C24H22FN5OS/c1-15-3-6-20(30-9-2-8-26-30)18(11-15)23(31)29-13-16-7-10-28(14-21(16)29)24-27-19-5-4-17(25)12-22(19)32-24/h2-6,8-9,11-12,16,21H,7,10,13-14H2,1H3/t16-,21-/m0/s1. The largest absolute Gasteiger partial charge is 0.346 e. The van der Waals surface area contributed by atoms with Crippen LogP contribution in [-0.4, -0.2) is 51.2 Å². The zero-order valence-electron chi connectivity index (χ0n) is 17.6. The Balaban J connectivity index is 1.26. The molecule has 1 amide bonds. The molecule has 2 saturated heterocycles. The average molecular weight is 448 g/mol. The fraction of sp³-hybridized carbons (Fsp3) is 0.292. The van der Waals surface area contributed by atoms with Crippen LogP contribution in [0.3, 0.4) is 0 Å². The van der Waals surface area contributed by atoms with Gasteiger partial charge in [0, 0.05) is 37.9 Å². The van der Waals surface area contributed by atoms with Crippen LogP contribution in [-0.2, 0) is 0 Å². The van der Waals surface area contributed by atoms with Crippen LogP contribution in [0, 0.1) is 18.7 Å². The maximum absolute atomic E-state index is 13.6. The number of benzene rings is 2. The van der Waals surface area contributed by atoms with Crippen LogP contribution in [0.25, 0.3) is 15.9 Å². The molecule has 4 aromatic rings. The number of fused-ring (bicyclic) bond motifs is 2. The lowest BCUT2D eigenvalue weighted by Gasteiger charge is -2.53. The van der Waals surface area contributed by atoms with Gasteiger partial charge in [-0.15, -0.1) is 0 Å². The summed E-state index contributed by atoms with van der Waals surface area (Å²) in [5.74, 6) is 0.321. The van der Waals surface area contributed by atoms with Gasteiger partial charge in [0.15, 0.2) is 5.13 Å². The van der Waals surface area contributed by atoms with E-state index < -0.39 is 0 Å². The first-order chi connectivity index (χ1) is 15.6. The lowest BCUT2D eigenvalue weighted by atomic mass is 9.82. The highest BCUT2D eigenvalue weighted by atomic mass is 32.1. The van der Waals surface area contributed by atoms with E-state index in [-0.39, 0.29) is 17.8 Å². The number of rotatable bonds is 3. The second kappa shape index (κ2) is 7.41. The molecule has 0 saturated carbocycles. The first kappa shape index (κ1) is 19.4. The Morgan fingerprint density at radius 2 is 2.09 bits per heavy atom. The molecule has 2 fully saturated rings. The zero-order valence-corrected chi connectivity index (χ0v) is 18.4. The Bertz CT molecular complexity index is 1320. The van der Waals surface area contributed by atoms with Crippen molar-refractivity contribution in [3.8, 4) is 5.69 Å². The van der Waals surface area contributed by atoms with Gasteiger partial charge in [-0.05, 0) is 49.7 Å². The summed E-state index contributed by atoms with van der Waals surface area (Å²) in [6.45, 7) is 4.45. The molecule has 0 bridgehead atoms. The first-order valence-electron chi connectivity index (χ1n) is 10.8. The van der Waals surface area contributed by atoms with Gasteiger partial charge in [0.1, 0.15) is 5.82 Å². The van der Waals surface area contributed by atoms with Crippen molar-refractivity contribution in [2.24, 2.45) is 5.92 Å².